The Morgan fingerprint density at radius 3 is 1.43 bits per heavy atom. The van der Waals surface area contributed by atoms with E-state index in [2.05, 4.69) is 4.74 Å². The lowest BCUT2D eigenvalue weighted by molar-refractivity contribution is -0.140. The predicted octanol–water partition coefficient (Wildman–Crippen LogP) is 6.86. The highest BCUT2D eigenvalue weighted by Crippen LogP contribution is 2.15. The molecule has 0 bridgehead atoms. The Hall–Kier alpha value is 0.0500. The van der Waals surface area contributed by atoms with E-state index in [9.17, 15) is 4.79 Å². The summed E-state index contributed by atoms with van der Waals surface area (Å²) < 4.78 is 4.61. The third-order valence-electron chi connectivity index (χ3n) is 4.30. The van der Waals surface area contributed by atoms with Crippen LogP contribution in [0.4, 0.5) is 0 Å². The molecule has 0 aromatic carbocycles. The highest BCUT2D eigenvalue weighted by atomic mass is 35.5. The number of unbranched alkanes of at least 4 members (excludes halogenated alkanes) is 13. The molecule has 1 unspecified atom stereocenters. The van der Waals surface area contributed by atoms with Crippen LogP contribution in [0.25, 0.3) is 0 Å². The number of carbonyl (C=O) groups excluding carboxylic acids is 1. The van der Waals surface area contributed by atoms with E-state index in [0.717, 1.165) is 18.7 Å². The molecule has 0 fully saturated rings. The molecule has 0 aliphatic rings. The lowest BCUT2D eigenvalue weighted by atomic mass is 10.0. The number of hydrogen-bond acceptors (Lipinski definition) is 2. The summed E-state index contributed by atoms with van der Waals surface area (Å²) in [4.78, 5) is 11.1. The molecule has 0 aliphatic carbocycles. The van der Waals surface area contributed by atoms with Crippen molar-refractivity contribution in [2.75, 3.05) is 13.0 Å². The molecule has 0 aliphatic heterocycles. The van der Waals surface area contributed by atoms with E-state index in [1.807, 2.05) is 0 Å². The number of hydrogen-bond donors (Lipinski definition) is 0. The van der Waals surface area contributed by atoms with Crippen LogP contribution in [-0.2, 0) is 9.53 Å². The monoisotopic (exact) mass is 366 g/mol. The molecule has 0 spiro atoms. The first-order valence-corrected chi connectivity index (χ1v) is 10.5. The van der Waals surface area contributed by atoms with E-state index in [-0.39, 0.29) is 5.97 Å². The van der Waals surface area contributed by atoms with Gasteiger partial charge in [-0.25, -0.2) is 0 Å². The molecule has 0 radical (unpaired) electrons. The molecule has 0 saturated heterocycles. The summed E-state index contributed by atoms with van der Waals surface area (Å²) in [6, 6.07) is 0. The fourth-order valence-electron chi connectivity index (χ4n) is 2.79. The maximum absolute atomic E-state index is 11.1. The molecule has 1 atom stereocenters. The first kappa shape index (κ1) is 23.1. The van der Waals surface area contributed by atoms with E-state index in [1.54, 1.807) is 0 Å². The van der Waals surface area contributed by atoms with Gasteiger partial charge in [0, 0.05) is 5.88 Å². The number of methoxy groups -OCH3 is 1. The van der Waals surface area contributed by atoms with Crippen LogP contribution in [0, 0.1) is 0 Å². The average Bonchev–Trinajstić information content (AvgIpc) is 2.57. The molecule has 0 heterocycles. The van der Waals surface area contributed by atoms with Crippen LogP contribution in [-0.4, -0.2) is 24.3 Å². The van der Waals surface area contributed by atoms with Crippen molar-refractivity contribution in [3.05, 3.63) is 0 Å². The molecule has 23 heavy (non-hydrogen) atoms. The third kappa shape index (κ3) is 16.7. The summed E-state index contributed by atoms with van der Waals surface area (Å²) in [5.74, 6) is 0.517. The lowest BCUT2D eigenvalue weighted by Crippen LogP contribution is -2.15. The van der Waals surface area contributed by atoms with E-state index in [4.69, 9.17) is 23.2 Å². The van der Waals surface area contributed by atoms with Crippen LogP contribution in [0.1, 0.15) is 96.3 Å². The molecule has 138 valence electrons. The second-order valence-corrected chi connectivity index (χ2v) is 7.32. The van der Waals surface area contributed by atoms with Crippen molar-refractivity contribution in [1.29, 1.82) is 0 Å². The van der Waals surface area contributed by atoms with Crippen molar-refractivity contribution >= 4 is 29.2 Å². The SMILES string of the molecule is COC(=O)C(Cl)CCCCCCCCCCCCCCCCCl. The zero-order valence-corrected chi connectivity index (χ0v) is 16.5. The minimum atomic E-state index is -0.463. The standard InChI is InChI=1S/C19H36Cl2O2/c1-23-19(22)18(21)16-14-12-10-8-6-4-2-3-5-7-9-11-13-15-17-20/h18H,2-17H2,1H3. The van der Waals surface area contributed by atoms with Crippen molar-refractivity contribution in [3.8, 4) is 0 Å². The van der Waals surface area contributed by atoms with Crippen LogP contribution in [0.2, 0.25) is 0 Å². The van der Waals surface area contributed by atoms with Gasteiger partial charge in [0.05, 0.1) is 7.11 Å². The fourth-order valence-corrected chi connectivity index (χ4v) is 3.22. The summed E-state index contributed by atoms with van der Waals surface area (Å²) in [5, 5.41) is -0.463. The molecule has 2 nitrogen and oxygen atoms in total. The second kappa shape index (κ2) is 18.4. The smallest absolute Gasteiger partial charge is 0.323 e. The third-order valence-corrected chi connectivity index (χ3v) is 4.96. The van der Waals surface area contributed by atoms with E-state index in [0.29, 0.717) is 0 Å². The number of carbonyl (C=O) groups is 1. The van der Waals surface area contributed by atoms with Crippen LogP contribution in [0.3, 0.4) is 0 Å². The average molecular weight is 367 g/mol. The molecule has 0 N–H and O–H groups in total. The maximum atomic E-state index is 11.1. The summed E-state index contributed by atoms with van der Waals surface area (Å²) in [6.45, 7) is 0. The quantitative estimate of drug-likeness (QED) is 0.159. The molecule has 0 saturated carbocycles. The Morgan fingerprint density at radius 1 is 0.739 bits per heavy atom. The fraction of sp³-hybridized carbons (Fsp3) is 0.947. The van der Waals surface area contributed by atoms with Crippen LogP contribution in [0.15, 0.2) is 0 Å². The maximum Gasteiger partial charge on any atom is 0.323 e. The Kier molecular flexibility index (Phi) is 18.4. The first-order chi connectivity index (χ1) is 11.2. The van der Waals surface area contributed by atoms with Crippen molar-refractivity contribution in [2.45, 2.75) is 102 Å². The number of alkyl halides is 2. The molecular weight excluding hydrogens is 331 g/mol. The molecule has 0 rings (SSSR count). The van der Waals surface area contributed by atoms with Crippen molar-refractivity contribution in [3.63, 3.8) is 0 Å². The Balaban J connectivity index is 3.09. The van der Waals surface area contributed by atoms with Gasteiger partial charge in [0.25, 0.3) is 0 Å². The molecule has 0 aromatic rings. The van der Waals surface area contributed by atoms with Gasteiger partial charge in [-0.3, -0.25) is 4.79 Å². The Bertz CT molecular complexity index is 260. The number of ether oxygens (including phenoxy) is 1. The van der Waals surface area contributed by atoms with Crippen molar-refractivity contribution in [2.24, 2.45) is 0 Å². The van der Waals surface area contributed by atoms with Crippen LogP contribution < -0.4 is 0 Å². The van der Waals surface area contributed by atoms with E-state index < -0.39 is 5.38 Å². The highest BCUT2D eigenvalue weighted by molar-refractivity contribution is 6.29. The van der Waals surface area contributed by atoms with Gasteiger partial charge in [-0.1, -0.05) is 83.5 Å². The van der Waals surface area contributed by atoms with Gasteiger partial charge in [0.1, 0.15) is 5.38 Å². The zero-order chi connectivity index (χ0) is 17.2. The predicted molar refractivity (Wildman–Crippen MR) is 102 cm³/mol. The van der Waals surface area contributed by atoms with Gasteiger partial charge in [-0.2, -0.15) is 0 Å². The minimum absolute atomic E-state index is 0.300. The van der Waals surface area contributed by atoms with Gasteiger partial charge in [0.15, 0.2) is 0 Å². The summed E-state index contributed by atoms with van der Waals surface area (Å²) >= 11 is 11.6. The van der Waals surface area contributed by atoms with Gasteiger partial charge < -0.3 is 4.74 Å². The van der Waals surface area contributed by atoms with Crippen LogP contribution in [0.5, 0.6) is 0 Å². The lowest BCUT2D eigenvalue weighted by Gasteiger charge is -2.06. The van der Waals surface area contributed by atoms with Gasteiger partial charge in [0.2, 0.25) is 0 Å². The minimum Gasteiger partial charge on any atom is -0.468 e. The van der Waals surface area contributed by atoms with E-state index in [1.165, 1.54) is 90.6 Å². The summed E-state index contributed by atoms with van der Waals surface area (Å²) in [6.07, 6.45) is 19.0. The van der Waals surface area contributed by atoms with E-state index >= 15 is 0 Å². The Morgan fingerprint density at radius 2 is 1.09 bits per heavy atom. The Labute approximate surface area is 153 Å². The molecule has 4 heteroatoms. The topological polar surface area (TPSA) is 26.3 Å². The second-order valence-electron chi connectivity index (χ2n) is 6.42. The number of rotatable bonds is 17. The number of esters is 1. The van der Waals surface area contributed by atoms with Gasteiger partial charge in [-0.05, 0) is 12.8 Å². The normalized spacial score (nSPS) is 12.3. The highest BCUT2D eigenvalue weighted by Gasteiger charge is 2.14. The number of halogens is 2. The first-order valence-electron chi connectivity index (χ1n) is 9.50. The zero-order valence-electron chi connectivity index (χ0n) is 15.0. The largest absolute Gasteiger partial charge is 0.468 e. The molecular formula is C19H36Cl2O2. The molecule has 0 amide bonds. The summed E-state index contributed by atoms with van der Waals surface area (Å²) in [7, 11) is 1.39. The van der Waals surface area contributed by atoms with Crippen molar-refractivity contribution < 1.29 is 9.53 Å². The van der Waals surface area contributed by atoms with Gasteiger partial charge >= 0.3 is 5.97 Å². The molecule has 0 aromatic heterocycles. The van der Waals surface area contributed by atoms with Crippen molar-refractivity contribution in [1.82, 2.24) is 0 Å². The van der Waals surface area contributed by atoms with Crippen LogP contribution >= 0.6 is 23.2 Å². The summed E-state index contributed by atoms with van der Waals surface area (Å²) in [5.41, 5.74) is 0. The van der Waals surface area contributed by atoms with Gasteiger partial charge in [-0.15, -0.1) is 23.2 Å².